The van der Waals surface area contributed by atoms with E-state index < -0.39 is 11.7 Å². The van der Waals surface area contributed by atoms with Crippen molar-refractivity contribution in [2.24, 2.45) is 11.1 Å². The van der Waals surface area contributed by atoms with Crippen LogP contribution in [0, 0.1) is 5.41 Å². The molecule has 0 radical (unpaired) electrons. The second kappa shape index (κ2) is 7.51. The number of benzene rings is 1. The van der Waals surface area contributed by atoms with Gasteiger partial charge >= 0.3 is 6.18 Å². The van der Waals surface area contributed by atoms with Crippen LogP contribution in [0.5, 0.6) is 0 Å². The molecule has 0 aliphatic rings. The van der Waals surface area contributed by atoms with Crippen LogP contribution in [0.15, 0.2) is 29.2 Å². The van der Waals surface area contributed by atoms with Crippen molar-refractivity contribution >= 4 is 11.8 Å². The van der Waals surface area contributed by atoms with Gasteiger partial charge in [0, 0.05) is 23.7 Å². The second-order valence-electron chi connectivity index (χ2n) is 5.98. The van der Waals surface area contributed by atoms with Crippen LogP contribution in [0.1, 0.15) is 19.4 Å². The minimum atomic E-state index is -4.28. The monoisotopic (exact) mass is 320 g/mol. The molecule has 0 heterocycles. The van der Waals surface area contributed by atoms with Crippen molar-refractivity contribution < 1.29 is 13.2 Å². The number of hydrogen-bond donors (Lipinski definition) is 1. The number of nitrogens with two attached hydrogens (primary N) is 1. The molecule has 0 amide bonds. The number of hydrogen-bond acceptors (Lipinski definition) is 3. The number of nitrogens with zero attached hydrogens (tertiary/aromatic N) is 1. The van der Waals surface area contributed by atoms with Crippen molar-refractivity contribution in [1.29, 1.82) is 0 Å². The maximum Gasteiger partial charge on any atom is 0.416 e. The minimum absolute atomic E-state index is 0.0512. The van der Waals surface area contributed by atoms with Gasteiger partial charge < -0.3 is 10.6 Å². The molecule has 0 aliphatic heterocycles. The largest absolute Gasteiger partial charge is 0.416 e. The highest BCUT2D eigenvalue weighted by Crippen LogP contribution is 2.31. The van der Waals surface area contributed by atoms with E-state index in [-0.39, 0.29) is 5.41 Å². The fourth-order valence-corrected chi connectivity index (χ4v) is 2.98. The zero-order valence-corrected chi connectivity index (χ0v) is 13.5. The Hall–Kier alpha value is -0.720. The van der Waals surface area contributed by atoms with E-state index in [1.54, 1.807) is 6.07 Å². The number of alkyl halides is 3. The van der Waals surface area contributed by atoms with Crippen LogP contribution >= 0.6 is 11.8 Å². The van der Waals surface area contributed by atoms with Crippen molar-refractivity contribution in [3.63, 3.8) is 0 Å². The maximum atomic E-state index is 12.6. The molecule has 0 spiro atoms. The summed E-state index contributed by atoms with van der Waals surface area (Å²) in [6, 6.07) is 5.46. The van der Waals surface area contributed by atoms with Crippen molar-refractivity contribution in [3.8, 4) is 0 Å². The molecule has 21 heavy (non-hydrogen) atoms. The van der Waals surface area contributed by atoms with Gasteiger partial charge in [-0.25, -0.2) is 0 Å². The summed E-state index contributed by atoms with van der Waals surface area (Å²) in [4.78, 5) is 2.81. The van der Waals surface area contributed by atoms with Crippen LogP contribution in [0.25, 0.3) is 0 Å². The van der Waals surface area contributed by atoms with Crippen LogP contribution in [-0.4, -0.2) is 37.3 Å². The first-order valence-corrected chi connectivity index (χ1v) is 7.81. The summed E-state index contributed by atoms with van der Waals surface area (Å²) in [6.45, 7) is 6.49. The standard InChI is InChI=1S/C15H23F3N2S/c1-14(2,10-19)11-20(3)7-8-21-13-6-4-5-12(9-13)15(16,17)18/h4-6,9H,7-8,10-11,19H2,1-3H3. The molecule has 0 atom stereocenters. The van der Waals surface area contributed by atoms with Gasteiger partial charge in [-0.2, -0.15) is 13.2 Å². The summed E-state index contributed by atoms with van der Waals surface area (Å²) in [5.41, 5.74) is 5.15. The fraction of sp³-hybridized carbons (Fsp3) is 0.600. The Bertz CT molecular complexity index is 447. The number of halogens is 3. The highest BCUT2D eigenvalue weighted by atomic mass is 32.2. The van der Waals surface area contributed by atoms with Gasteiger partial charge in [0.1, 0.15) is 0 Å². The quantitative estimate of drug-likeness (QED) is 0.777. The van der Waals surface area contributed by atoms with E-state index in [9.17, 15) is 13.2 Å². The molecule has 0 saturated heterocycles. The first-order chi connectivity index (χ1) is 9.64. The third-order valence-electron chi connectivity index (χ3n) is 3.15. The molecule has 6 heteroatoms. The first-order valence-electron chi connectivity index (χ1n) is 6.83. The lowest BCUT2D eigenvalue weighted by atomic mass is 9.93. The van der Waals surface area contributed by atoms with Gasteiger partial charge in [-0.05, 0) is 37.2 Å². The Kier molecular flexibility index (Phi) is 6.56. The predicted octanol–water partition coefficient (Wildman–Crippen LogP) is 3.71. The number of thioether (sulfide) groups is 1. The molecule has 2 N–H and O–H groups in total. The van der Waals surface area contributed by atoms with E-state index in [1.807, 2.05) is 7.05 Å². The van der Waals surface area contributed by atoms with Gasteiger partial charge in [0.15, 0.2) is 0 Å². The lowest BCUT2D eigenvalue weighted by molar-refractivity contribution is -0.137. The van der Waals surface area contributed by atoms with Crippen LogP contribution in [0.2, 0.25) is 0 Å². The van der Waals surface area contributed by atoms with Gasteiger partial charge in [-0.3, -0.25) is 0 Å². The fourth-order valence-electron chi connectivity index (χ4n) is 1.96. The summed E-state index contributed by atoms with van der Waals surface area (Å²) < 4.78 is 37.8. The molecule has 1 aromatic carbocycles. The van der Waals surface area contributed by atoms with Crippen molar-refractivity contribution in [2.75, 3.05) is 32.4 Å². The summed E-state index contributed by atoms with van der Waals surface area (Å²) in [7, 11) is 2.00. The van der Waals surface area contributed by atoms with Crippen LogP contribution in [0.4, 0.5) is 13.2 Å². The third kappa shape index (κ3) is 6.72. The highest BCUT2D eigenvalue weighted by Gasteiger charge is 2.30. The summed E-state index contributed by atoms with van der Waals surface area (Å²) in [6.07, 6.45) is -4.28. The smallest absolute Gasteiger partial charge is 0.330 e. The number of rotatable bonds is 7. The molecule has 0 fully saturated rings. The molecule has 0 aromatic heterocycles. The summed E-state index contributed by atoms with van der Waals surface area (Å²) in [5, 5.41) is 0. The molecular formula is C15H23F3N2S. The van der Waals surface area contributed by atoms with Crippen LogP contribution in [-0.2, 0) is 6.18 Å². The molecular weight excluding hydrogens is 297 g/mol. The molecule has 0 aliphatic carbocycles. The van der Waals surface area contributed by atoms with E-state index in [0.717, 1.165) is 24.9 Å². The van der Waals surface area contributed by atoms with Crippen molar-refractivity contribution in [3.05, 3.63) is 29.8 Å². The maximum absolute atomic E-state index is 12.6. The third-order valence-corrected chi connectivity index (χ3v) is 4.13. The highest BCUT2D eigenvalue weighted by molar-refractivity contribution is 7.99. The second-order valence-corrected chi connectivity index (χ2v) is 7.15. The first kappa shape index (κ1) is 18.3. The topological polar surface area (TPSA) is 29.3 Å². The van der Waals surface area contributed by atoms with Gasteiger partial charge in [-0.1, -0.05) is 19.9 Å². The van der Waals surface area contributed by atoms with E-state index in [4.69, 9.17) is 5.73 Å². The lowest BCUT2D eigenvalue weighted by Gasteiger charge is -2.28. The van der Waals surface area contributed by atoms with Gasteiger partial charge in [0.25, 0.3) is 0 Å². The Morgan fingerprint density at radius 3 is 2.48 bits per heavy atom. The summed E-state index contributed by atoms with van der Waals surface area (Å²) in [5.74, 6) is 0.748. The lowest BCUT2D eigenvalue weighted by Crippen LogP contribution is -2.37. The molecule has 2 nitrogen and oxygen atoms in total. The van der Waals surface area contributed by atoms with Gasteiger partial charge in [0.05, 0.1) is 5.56 Å². The zero-order chi connectivity index (χ0) is 16.1. The molecule has 1 rings (SSSR count). The van der Waals surface area contributed by atoms with Gasteiger partial charge in [-0.15, -0.1) is 11.8 Å². The van der Waals surface area contributed by atoms with E-state index >= 15 is 0 Å². The normalized spacial score (nSPS) is 13.0. The molecule has 0 bridgehead atoms. The predicted molar refractivity (Wildman–Crippen MR) is 82.5 cm³/mol. The van der Waals surface area contributed by atoms with E-state index in [0.29, 0.717) is 11.4 Å². The van der Waals surface area contributed by atoms with E-state index in [2.05, 4.69) is 18.7 Å². The SMILES string of the molecule is CN(CCSc1cccc(C(F)(F)F)c1)CC(C)(C)CN. The average molecular weight is 320 g/mol. The van der Waals surface area contributed by atoms with Crippen molar-refractivity contribution in [2.45, 2.75) is 24.9 Å². The Balaban J connectivity index is 2.46. The van der Waals surface area contributed by atoms with Crippen LogP contribution < -0.4 is 5.73 Å². The van der Waals surface area contributed by atoms with E-state index in [1.165, 1.54) is 23.9 Å². The Morgan fingerprint density at radius 1 is 1.24 bits per heavy atom. The Morgan fingerprint density at radius 2 is 1.90 bits per heavy atom. The molecule has 1 aromatic rings. The minimum Gasteiger partial charge on any atom is -0.330 e. The summed E-state index contributed by atoms with van der Waals surface area (Å²) >= 11 is 1.44. The van der Waals surface area contributed by atoms with Gasteiger partial charge in [0.2, 0.25) is 0 Å². The average Bonchev–Trinajstić information content (AvgIpc) is 2.37. The molecule has 0 saturated carbocycles. The van der Waals surface area contributed by atoms with Crippen LogP contribution in [0.3, 0.4) is 0 Å². The zero-order valence-electron chi connectivity index (χ0n) is 12.7. The molecule has 120 valence electrons. The molecule has 0 unspecified atom stereocenters. The Labute approximate surface area is 128 Å². The van der Waals surface area contributed by atoms with Crippen molar-refractivity contribution in [1.82, 2.24) is 4.90 Å².